The fraction of sp³-hybridized carbons (Fsp3) is 0.529. The first-order chi connectivity index (χ1) is 11.1. The fourth-order valence-corrected chi connectivity index (χ4v) is 2.81. The van der Waals surface area contributed by atoms with Gasteiger partial charge in [-0.25, -0.2) is 0 Å². The topological polar surface area (TPSA) is 58.6 Å². The number of nitrogens with one attached hydrogen (secondary N) is 1. The van der Waals surface area contributed by atoms with Crippen molar-refractivity contribution in [3.8, 4) is 0 Å². The van der Waals surface area contributed by atoms with E-state index in [0.717, 1.165) is 24.8 Å². The number of carbonyl (C=O) groups is 2. The maximum Gasteiger partial charge on any atom is 0.249 e. The van der Waals surface area contributed by atoms with Crippen molar-refractivity contribution in [2.45, 2.75) is 32.3 Å². The lowest BCUT2D eigenvalue weighted by atomic mass is 10.1. The monoisotopic (exact) mass is 338 g/mol. The van der Waals surface area contributed by atoms with Crippen LogP contribution in [0.1, 0.15) is 25.3 Å². The Kier molecular flexibility index (Phi) is 6.86. The summed E-state index contributed by atoms with van der Waals surface area (Å²) in [7, 11) is 0. The number of benzene rings is 1. The number of nitrogens with zero attached hydrogens (tertiary/aromatic N) is 1. The molecule has 0 spiro atoms. The Morgan fingerprint density at radius 1 is 1.39 bits per heavy atom. The van der Waals surface area contributed by atoms with Crippen LogP contribution in [0.2, 0.25) is 5.02 Å². The van der Waals surface area contributed by atoms with E-state index in [9.17, 15) is 9.59 Å². The highest BCUT2D eigenvalue weighted by molar-refractivity contribution is 6.30. The molecule has 2 amide bonds. The lowest BCUT2D eigenvalue weighted by Crippen LogP contribution is -2.41. The molecule has 1 atom stereocenters. The zero-order valence-corrected chi connectivity index (χ0v) is 14.1. The highest BCUT2D eigenvalue weighted by Gasteiger charge is 2.23. The van der Waals surface area contributed by atoms with Crippen LogP contribution in [0.5, 0.6) is 0 Å². The summed E-state index contributed by atoms with van der Waals surface area (Å²) in [5.41, 5.74) is 1.09. The van der Waals surface area contributed by atoms with Gasteiger partial charge < -0.3 is 15.0 Å². The van der Waals surface area contributed by atoms with Gasteiger partial charge in [0.05, 0.1) is 0 Å². The number of halogens is 1. The van der Waals surface area contributed by atoms with Crippen molar-refractivity contribution < 1.29 is 14.3 Å². The van der Waals surface area contributed by atoms with Gasteiger partial charge in [-0.2, -0.15) is 0 Å². The molecule has 1 heterocycles. The van der Waals surface area contributed by atoms with E-state index in [2.05, 4.69) is 5.32 Å². The summed E-state index contributed by atoms with van der Waals surface area (Å²) in [4.78, 5) is 25.3. The van der Waals surface area contributed by atoms with Crippen LogP contribution in [-0.4, -0.2) is 49.1 Å². The minimum absolute atomic E-state index is 0.00149. The molecule has 6 heteroatoms. The number of rotatable bonds is 7. The first-order valence-electron chi connectivity index (χ1n) is 7.95. The van der Waals surface area contributed by atoms with Crippen LogP contribution in [0.25, 0.3) is 0 Å². The lowest BCUT2D eigenvalue weighted by Gasteiger charge is -2.22. The third-order valence-electron chi connectivity index (χ3n) is 3.91. The average molecular weight is 339 g/mol. The van der Waals surface area contributed by atoms with Crippen molar-refractivity contribution in [1.29, 1.82) is 0 Å². The Labute approximate surface area is 141 Å². The second-order valence-corrected chi connectivity index (χ2v) is 6.12. The van der Waals surface area contributed by atoms with Crippen molar-refractivity contribution in [3.05, 3.63) is 34.9 Å². The summed E-state index contributed by atoms with van der Waals surface area (Å²) in [6.45, 7) is 3.73. The van der Waals surface area contributed by atoms with Gasteiger partial charge in [0, 0.05) is 38.2 Å². The van der Waals surface area contributed by atoms with Gasteiger partial charge in [0.15, 0.2) is 0 Å². The molecule has 2 rings (SSSR count). The second-order valence-electron chi connectivity index (χ2n) is 5.68. The van der Waals surface area contributed by atoms with E-state index < -0.39 is 0 Å². The molecule has 0 radical (unpaired) electrons. The van der Waals surface area contributed by atoms with Crippen LogP contribution in [0.15, 0.2) is 24.3 Å². The first kappa shape index (κ1) is 17.8. The van der Waals surface area contributed by atoms with E-state index in [-0.39, 0.29) is 17.9 Å². The molecule has 5 nitrogen and oxygen atoms in total. The molecular formula is C17H23ClN2O3. The number of carbonyl (C=O) groups excluding carboxylic acids is 2. The van der Waals surface area contributed by atoms with E-state index >= 15 is 0 Å². The molecule has 126 valence electrons. The van der Waals surface area contributed by atoms with Gasteiger partial charge in [-0.3, -0.25) is 9.59 Å². The van der Waals surface area contributed by atoms with E-state index in [0.29, 0.717) is 31.3 Å². The van der Waals surface area contributed by atoms with Gasteiger partial charge in [-0.05, 0) is 37.0 Å². The molecule has 1 saturated heterocycles. The van der Waals surface area contributed by atoms with Crippen LogP contribution in [0.3, 0.4) is 0 Å². The van der Waals surface area contributed by atoms with E-state index in [1.54, 1.807) is 11.8 Å². The standard InChI is InChI=1S/C17H23ClN2O3/c1-13(21)20(9-7-14-4-2-5-15(18)12-14)10-8-19-17(22)16-6-3-11-23-16/h2,4-5,12,16H,3,6-11H2,1H3,(H,19,22). The maximum atomic E-state index is 11.9. The number of hydrogen-bond donors (Lipinski definition) is 1. The van der Waals surface area contributed by atoms with Crippen LogP contribution < -0.4 is 5.32 Å². The van der Waals surface area contributed by atoms with E-state index in [1.807, 2.05) is 24.3 Å². The minimum atomic E-state index is -0.327. The van der Waals surface area contributed by atoms with Crippen LogP contribution in [-0.2, 0) is 20.7 Å². The van der Waals surface area contributed by atoms with Crippen molar-refractivity contribution in [1.82, 2.24) is 10.2 Å². The van der Waals surface area contributed by atoms with Gasteiger partial charge in [0.2, 0.25) is 11.8 Å². The molecule has 0 bridgehead atoms. The first-order valence-corrected chi connectivity index (χ1v) is 8.33. The summed E-state index contributed by atoms with van der Waals surface area (Å²) in [6.07, 6.45) is 2.11. The van der Waals surface area contributed by atoms with Crippen LogP contribution in [0, 0.1) is 0 Å². The summed E-state index contributed by atoms with van der Waals surface area (Å²) >= 11 is 5.96. The predicted molar refractivity (Wildman–Crippen MR) is 89.4 cm³/mol. The molecular weight excluding hydrogens is 316 g/mol. The highest BCUT2D eigenvalue weighted by atomic mass is 35.5. The molecule has 0 saturated carbocycles. The minimum Gasteiger partial charge on any atom is -0.368 e. The second kappa shape index (κ2) is 8.89. The Hall–Kier alpha value is -1.59. The smallest absolute Gasteiger partial charge is 0.249 e. The number of amides is 2. The van der Waals surface area contributed by atoms with Crippen molar-refractivity contribution in [2.24, 2.45) is 0 Å². The SMILES string of the molecule is CC(=O)N(CCNC(=O)C1CCCO1)CCc1cccc(Cl)c1. The molecule has 1 aromatic rings. The van der Waals surface area contributed by atoms with Crippen LogP contribution in [0.4, 0.5) is 0 Å². The zero-order chi connectivity index (χ0) is 16.7. The Bertz CT molecular complexity index is 544. The Morgan fingerprint density at radius 3 is 2.87 bits per heavy atom. The van der Waals surface area contributed by atoms with Crippen LogP contribution >= 0.6 is 11.6 Å². The van der Waals surface area contributed by atoms with Crippen molar-refractivity contribution in [3.63, 3.8) is 0 Å². The summed E-state index contributed by atoms with van der Waals surface area (Å²) in [6, 6.07) is 7.62. The summed E-state index contributed by atoms with van der Waals surface area (Å²) < 4.78 is 5.33. The predicted octanol–water partition coefficient (Wildman–Crippen LogP) is 2.03. The Balaban J connectivity index is 1.75. The largest absolute Gasteiger partial charge is 0.368 e. The third-order valence-corrected chi connectivity index (χ3v) is 4.14. The molecule has 1 aromatic carbocycles. The number of hydrogen-bond acceptors (Lipinski definition) is 3. The molecule has 1 aliphatic heterocycles. The average Bonchev–Trinajstić information content (AvgIpc) is 3.04. The van der Waals surface area contributed by atoms with Gasteiger partial charge in [-0.15, -0.1) is 0 Å². The lowest BCUT2D eigenvalue weighted by molar-refractivity contribution is -0.132. The quantitative estimate of drug-likeness (QED) is 0.827. The van der Waals surface area contributed by atoms with Gasteiger partial charge >= 0.3 is 0 Å². The summed E-state index contributed by atoms with van der Waals surface area (Å²) in [5, 5.41) is 3.53. The van der Waals surface area contributed by atoms with Crippen molar-refractivity contribution in [2.75, 3.05) is 26.2 Å². The third kappa shape index (κ3) is 5.84. The normalized spacial score (nSPS) is 17.0. The molecule has 0 aliphatic carbocycles. The Morgan fingerprint density at radius 2 is 2.22 bits per heavy atom. The number of ether oxygens (including phenoxy) is 1. The molecule has 23 heavy (non-hydrogen) atoms. The van der Waals surface area contributed by atoms with E-state index in [4.69, 9.17) is 16.3 Å². The van der Waals surface area contributed by atoms with Gasteiger partial charge in [-0.1, -0.05) is 23.7 Å². The van der Waals surface area contributed by atoms with Gasteiger partial charge in [0.25, 0.3) is 0 Å². The maximum absolute atomic E-state index is 11.9. The molecule has 0 aromatic heterocycles. The fourth-order valence-electron chi connectivity index (χ4n) is 2.60. The summed E-state index contributed by atoms with van der Waals surface area (Å²) in [5.74, 6) is -0.0840. The van der Waals surface area contributed by atoms with Crippen molar-refractivity contribution >= 4 is 23.4 Å². The molecule has 1 N–H and O–H groups in total. The van der Waals surface area contributed by atoms with E-state index in [1.165, 1.54) is 0 Å². The molecule has 1 unspecified atom stereocenters. The van der Waals surface area contributed by atoms with Gasteiger partial charge in [0.1, 0.15) is 6.10 Å². The molecule has 1 fully saturated rings. The highest BCUT2D eigenvalue weighted by Crippen LogP contribution is 2.12. The molecule has 1 aliphatic rings. The zero-order valence-electron chi connectivity index (χ0n) is 13.4.